The van der Waals surface area contributed by atoms with Crippen molar-refractivity contribution in [2.75, 3.05) is 0 Å². The predicted octanol–water partition coefficient (Wildman–Crippen LogP) is 10.9. The molecule has 0 N–H and O–H groups in total. The Labute approximate surface area is 226 Å². The normalized spacial score (nSPS) is 11.6. The number of para-hydroxylation sites is 1. The summed E-state index contributed by atoms with van der Waals surface area (Å²) in [5, 5.41) is 7.31. The first-order chi connectivity index (χ1) is 19.4. The second-order valence-electron chi connectivity index (χ2n) is 10.1. The predicted molar refractivity (Wildman–Crippen MR) is 165 cm³/mol. The van der Waals surface area contributed by atoms with Gasteiger partial charge in [0, 0.05) is 10.8 Å². The van der Waals surface area contributed by atoms with Crippen LogP contribution >= 0.6 is 0 Å². The van der Waals surface area contributed by atoms with Crippen LogP contribution in [0.2, 0.25) is 0 Å². The van der Waals surface area contributed by atoms with Crippen molar-refractivity contribution < 1.29 is 4.42 Å². The van der Waals surface area contributed by atoms with E-state index in [1.54, 1.807) is 0 Å². The van der Waals surface area contributed by atoms with E-state index in [1.165, 1.54) is 60.3 Å². The van der Waals surface area contributed by atoms with Gasteiger partial charge in [0.05, 0.1) is 0 Å². The van der Waals surface area contributed by atoms with Crippen molar-refractivity contribution in [2.24, 2.45) is 0 Å². The van der Waals surface area contributed by atoms with Gasteiger partial charge in [-0.25, -0.2) is 0 Å². The summed E-state index contributed by atoms with van der Waals surface area (Å²) in [6.07, 6.45) is 0. The van der Waals surface area contributed by atoms with Crippen molar-refractivity contribution in [1.29, 1.82) is 0 Å². The zero-order chi connectivity index (χ0) is 25.8. The van der Waals surface area contributed by atoms with Crippen molar-refractivity contribution in [3.8, 4) is 33.4 Å². The van der Waals surface area contributed by atoms with Crippen LogP contribution in [0.15, 0.2) is 150 Å². The molecular formula is C38H24O. The molecule has 1 heteroatoms. The van der Waals surface area contributed by atoms with Crippen LogP contribution in [0.1, 0.15) is 0 Å². The molecule has 1 heterocycles. The molecule has 1 aromatic heterocycles. The third-order valence-electron chi connectivity index (χ3n) is 7.86. The quantitative estimate of drug-likeness (QED) is 0.222. The molecule has 7 aromatic carbocycles. The van der Waals surface area contributed by atoms with Crippen molar-refractivity contribution in [3.63, 3.8) is 0 Å². The van der Waals surface area contributed by atoms with Crippen molar-refractivity contribution >= 4 is 43.5 Å². The van der Waals surface area contributed by atoms with Gasteiger partial charge in [0.2, 0.25) is 0 Å². The van der Waals surface area contributed by atoms with Gasteiger partial charge in [0.15, 0.2) is 0 Å². The lowest BCUT2D eigenvalue weighted by Crippen LogP contribution is -1.91. The first-order valence-electron chi connectivity index (χ1n) is 13.4. The second kappa shape index (κ2) is 8.72. The van der Waals surface area contributed by atoms with Gasteiger partial charge in [0.1, 0.15) is 11.2 Å². The van der Waals surface area contributed by atoms with Gasteiger partial charge in [-0.2, -0.15) is 0 Å². The fourth-order valence-electron chi connectivity index (χ4n) is 6.20. The molecule has 0 fully saturated rings. The van der Waals surface area contributed by atoms with Gasteiger partial charge < -0.3 is 4.42 Å². The lowest BCUT2D eigenvalue weighted by atomic mass is 9.84. The van der Waals surface area contributed by atoms with E-state index in [-0.39, 0.29) is 0 Å². The van der Waals surface area contributed by atoms with E-state index in [9.17, 15) is 0 Å². The molecule has 0 aliphatic rings. The number of rotatable bonds is 3. The molecule has 39 heavy (non-hydrogen) atoms. The number of furan rings is 1. The monoisotopic (exact) mass is 496 g/mol. The molecule has 0 amide bonds. The Bertz CT molecular complexity index is 2110. The van der Waals surface area contributed by atoms with Crippen LogP contribution in [0.5, 0.6) is 0 Å². The fraction of sp³-hybridized carbons (Fsp3) is 0. The van der Waals surface area contributed by atoms with E-state index in [0.29, 0.717) is 0 Å². The molecule has 8 aromatic rings. The zero-order valence-electron chi connectivity index (χ0n) is 21.3. The van der Waals surface area contributed by atoms with E-state index in [1.807, 2.05) is 6.07 Å². The first-order valence-corrected chi connectivity index (χ1v) is 13.4. The first kappa shape index (κ1) is 21.9. The zero-order valence-corrected chi connectivity index (χ0v) is 21.3. The maximum Gasteiger partial charge on any atom is 0.136 e. The standard InChI is InChI=1S/C38H24O/c1-2-12-25(13-3-1)26-14-10-15-27(24-26)36-28-16-4-6-18-30(28)37(31-19-7-5-17-29(31)36)33-21-11-23-35-38(33)32-20-8-9-22-34(32)39-35/h1-24H. The molecule has 8 rings (SSSR count). The number of benzene rings is 7. The third-order valence-corrected chi connectivity index (χ3v) is 7.86. The fourth-order valence-corrected chi connectivity index (χ4v) is 6.20. The van der Waals surface area contributed by atoms with Crippen LogP contribution in [-0.4, -0.2) is 0 Å². The summed E-state index contributed by atoms with van der Waals surface area (Å²) in [5.74, 6) is 0. The smallest absolute Gasteiger partial charge is 0.136 e. The van der Waals surface area contributed by atoms with Crippen molar-refractivity contribution in [2.45, 2.75) is 0 Å². The molecule has 0 aliphatic carbocycles. The minimum absolute atomic E-state index is 0.918. The van der Waals surface area contributed by atoms with Crippen LogP contribution in [0.25, 0.3) is 76.9 Å². The Morgan fingerprint density at radius 3 is 1.56 bits per heavy atom. The average Bonchev–Trinajstić information content (AvgIpc) is 3.39. The molecule has 0 saturated heterocycles. The Morgan fingerprint density at radius 2 is 0.846 bits per heavy atom. The summed E-state index contributed by atoms with van der Waals surface area (Å²) in [6.45, 7) is 0. The highest BCUT2D eigenvalue weighted by molar-refractivity contribution is 6.25. The van der Waals surface area contributed by atoms with E-state index in [2.05, 4.69) is 140 Å². The second-order valence-corrected chi connectivity index (χ2v) is 10.1. The topological polar surface area (TPSA) is 13.1 Å². The minimum Gasteiger partial charge on any atom is -0.456 e. The number of fused-ring (bicyclic) bond motifs is 5. The van der Waals surface area contributed by atoms with Crippen LogP contribution in [0.4, 0.5) is 0 Å². The van der Waals surface area contributed by atoms with Crippen LogP contribution < -0.4 is 0 Å². The van der Waals surface area contributed by atoms with Crippen molar-refractivity contribution in [1.82, 2.24) is 0 Å². The van der Waals surface area contributed by atoms with Crippen molar-refractivity contribution in [3.05, 3.63) is 146 Å². The van der Waals surface area contributed by atoms with E-state index < -0.39 is 0 Å². The highest BCUT2D eigenvalue weighted by Crippen LogP contribution is 2.47. The molecule has 0 bridgehead atoms. The van der Waals surface area contributed by atoms with Gasteiger partial charge in [-0.15, -0.1) is 0 Å². The van der Waals surface area contributed by atoms with Crippen LogP contribution in [-0.2, 0) is 0 Å². The van der Waals surface area contributed by atoms with E-state index in [4.69, 9.17) is 4.42 Å². The summed E-state index contributed by atoms with van der Waals surface area (Å²) in [7, 11) is 0. The van der Waals surface area contributed by atoms with Gasteiger partial charge in [-0.1, -0.05) is 127 Å². The molecule has 0 atom stereocenters. The number of hydrogen-bond donors (Lipinski definition) is 0. The Balaban J connectivity index is 1.49. The van der Waals surface area contributed by atoms with Crippen LogP contribution in [0, 0.1) is 0 Å². The van der Waals surface area contributed by atoms with Gasteiger partial charge in [-0.3, -0.25) is 0 Å². The summed E-state index contributed by atoms with van der Waals surface area (Å²) >= 11 is 0. The summed E-state index contributed by atoms with van der Waals surface area (Å²) in [4.78, 5) is 0. The summed E-state index contributed by atoms with van der Waals surface area (Å²) < 4.78 is 6.29. The van der Waals surface area contributed by atoms with E-state index in [0.717, 1.165) is 16.6 Å². The molecule has 0 saturated carbocycles. The number of hydrogen-bond acceptors (Lipinski definition) is 1. The molecule has 0 unspecified atom stereocenters. The maximum atomic E-state index is 6.29. The average molecular weight is 497 g/mol. The molecule has 1 nitrogen and oxygen atoms in total. The SMILES string of the molecule is c1ccc(-c2cccc(-c3c4ccccc4c(-c4cccc5oc6ccccc6c45)c4ccccc34)c2)cc1. The van der Waals surface area contributed by atoms with Gasteiger partial charge in [0.25, 0.3) is 0 Å². The van der Waals surface area contributed by atoms with E-state index >= 15 is 0 Å². The lowest BCUT2D eigenvalue weighted by molar-refractivity contribution is 0.669. The highest BCUT2D eigenvalue weighted by atomic mass is 16.3. The maximum absolute atomic E-state index is 6.29. The summed E-state index contributed by atoms with van der Waals surface area (Å²) in [6, 6.07) is 52.0. The third kappa shape index (κ3) is 3.41. The highest BCUT2D eigenvalue weighted by Gasteiger charge is 2.20. The molecule has 0 spiro atoms. The molecule has 0 aliphatic heterocycles. The minimum atomic E-state index is 0.918. The summed E-state index contributed by atoms with van der Waals surface area (Å²) in [5.41, 5.74) is 9.23. The largest absolute Gasteiger partial charge is 0.456 e. The molecule has 0 radical (unpaired) electrons. The van der Waals surface area contributed by atoms with Gasteiger partial charge >= 0.3 is 0 Å². The van der Waals surface area contributed by atoms with Crippen LogP contribution in [0.3, 0.4) is 0 Å². The Kier molecular flexibility index (Phi) is 4.89. The lowest BCUT2D eigenvalue weighted by Gasteiger charge is -2.18. The Hall–Kier alpha value is -5.14. The van der Waals surface area contributed by atoms with Gasteiger partial charge in [-0.05, 0) is 73.1 Å². The Morgan fingerprint density at radius 1 is 0.333 bits per heavy atom. The molecule has 182 valence electrons. The molecular weight excluding hydrogens is 472 g/mol.